The number of rotatable bonds is 3. The lowest BCUT2D eigenvalue weighted by molar-refractivity contribution is 0.0965. The van der Waals surface area contributed by atoms with Crippen molar-refractivity contribution in [3.63, 3.8) is 0 Å². The van der Waals surface area contributed by atoms with Crippen LogP contribution in [0.3, 0.4) is 0 Å². The lowest BCUT2D eigenvalue weighted by Gasteiger charge is -2.09. The fourth-order valence-corrected chi connectivity index (χ4v) is 2.97. The zero-order valence-electron chi connectivity index (χ0n) is 10.9. The smallest absolute Gasteiger partial charge is 0.292 e. The molecule has 0 saturated heterocycles. The average molecular weight is 336 g/mol. The Kier molecular flexibility index (Phi) is 3.56. The van der Waals surface area contributed by atoms with Crippen molar-refractivity contribution in [2.45, 2.75) is 32.4 Å². The van der Waals surface area contributed by atoms with Crippen molar-refractivity contribution in [2.24, 2.45) is 0 Å². The summed E-state index contributed by atoms with van der Waals surface area (Å²) in [6.45, 7) is 0.693. The summed E-state index contributed by atoms with van der Waals surface area (Å²) in [6, 6.07) is 7.21. The fourth-order valence-electron chi connectivity index (χ4n) is 2.46. The minimum atomic E-state index is -0.180. The molecule has 0 spiro atoms. The second-order valence-electron chi connectivity index (χ2n) is 4.87. The largest absolute Gasteiger partial charge is 0.346 e. The molecule has 6 heteroatoms. The van der Waals surface area contributed by atoms with Crippen LogP contribution in [0.1, 0.15) is 29.0 Å². The maximum absolute atomic E-state index is 12.3. The molecule has 0 N–H and O–H groups in total. The van der Waals surface area contributed by atoms with Crippen LogP contribution in [-0.2, 0) is 19.5 Å². The Morgan fingerprint density at radius 1 is 1.30 bits per heavy atom. The minimum Gasteiger partial charge on any atom is -0.292 e. The van der Waals surface area contributed by atoms with Gasteiger partial charge >= 0.3 is 5.69 Å². The highest BCUT2D eigenvalue weighted by Crippen LogP contribution is 2.17. The molecule has 2 aromatic rings. The van der Waals surface area contributed by atoms with Crippen LogP contribution in [0.5, 0.6) is 0 Å². The van der Waals surface area contributed by atoms with Crippen molar-refractivity contribution in [1.29, 1.82) is 0 Å². The van der Waals surface area contributed by atoms with Crippen molar-refractivity contribution >= 4 is 21.7 Å². The molecule has 5 nitrogen and oxygen atoms in total. The van der Waals surface area contributed by atoms with Gasteiger partial charge in [-0.2, -0.15) is 5.10 Å². The van der Waals surface area contributed by atoms with E-state index in [0.29, 0.717) is 12.1 Å². The van der Waals surface area contributed by atoms with E-state index in [-0.39, 0.29) is 18.0 Å². The SMILES string of the molecule is O=C(Cn1nc2n(c1=O)CCCC2)c1ccccc1Br. The molecule has 1 aliphatic rings. The quantitative estimate of drug-likeness (QED) is 0.806. The van der Waals surface area contributed by atoms with E-state index in [9.17, 15) is 9.59 Å². The molecule has 0 unspecified atom stereocenters. The number of carbonyl (C=O) groups excluding carboxylic acids is 1. The van der Waals surface area contributed by atoms with Gasteiger partial charge in [0.15, 0.2) is 5.78 Å². The summed E-state index contributed by atoms with van der Waals surface area (Å²) >= 11 is 3.35. The second kappa shape index (κ2) is 5.36. The molecular formula is C14H14BrN3O2. The van der Waals surface area contributed by atoms with E-state index >= 15 is 0 Å². The van der Waals surface area contributed by atoms with Gasteiger partial charge in [-0.3, -0.25) is 9.36 Å². The number of benzene rings is 1. The van der Waals surface area contributed by atoms with E-state index < -0.39 is 0 Å². The van der Waals surface area contributed by atoms with Crippen LogP contribution >= 0.6 is 15.9 Å². The van der Waals surface area contributed by atoms with Gasteiger partial charge in [0.25, 0.3) is 0 Å². The minimum absolute atomic E-state index is 0.0125. The molecule has 0 bridgehead atoms. The van der Waals surface area contributed by atoms with E-state index in [0.717, 1.165) is 29.6 Å². The van der Waals surface area contributed by atoms with Crippen LogP contribution in [0.25, 0.3) is 0 Å². The molecular weight excluding hydrogens is 322 g/mol. The molecule has 104 valence electrons. The van der Waals surface area contributed by atoms with E-state index in [4.69, 9.17) is 0 Å². The maximum atomic E-state index is 12.3. The number of halogens is 1. The normalized spacial score (nSPS) is 14.1. The lowest BCUT2D eigenvalue weighted by atomic mass is 10.1. The van der Waals surface area contributed by atoms with E-state index in [1.807, 2.05) is 12.1 Å². The summed E-state index contributed by atoms with van der Waals surface area (Å²) in [5, 5.41) is 4.28. The third kappa shape index (κ3) is 2.35. The van der Waals surface area contributed by atoms with Crippen LogP contribution in [0.4, 0.5) is 0 Å². The first-order chi connectivity index (χ1) is 9.66. The summed E-state index contributed by atoms with van der Waals surface area (Å²) in [7, 11) is 0. The molecule has 1 aromatic heterocycles. The van der Waals surface area contributed by atoms with Gasteiger partial charge in [-0.1, -0.05) is 34.1 Å². The van der Waals surface area contributed by atoms with Crippen molar-refractivity contribution in [3.8, 4) is 0 Å². The van der Waals surface area contributed by atoms with Gasteiger partial charge in [-0.25, -0.2) is 9.48 Å². The van der Waals surface area contributed by atoms with Crippen LogP contribution in [0.2, 0.25) is 0 Å². The summed E-state index contributed by atoms with van der Waals surface area (Å²) in [5.41, 5.74) is 0.394. The maximum Gasteiger partial charge on any atom is 0.346 e. The average Bonchev–Trinajstić information content (AvgIpc) is 2.76. The number of aryl methyl sites for hydroxylation is 1. The third-order valence-electron chi connectivity index (χ3n) is 3.50. The standard InChI is InChI=1S/C14H14BrN3O2/c15-11-6-2-1-5-10(11)12(19)9-18-14(20)17-8-4-3-7-13(17)16-18/h1-2,5-6H,3-4,7-9H2. The Bertz CT molecular complexity index is 717. The Morgan fingerprint density at radius 3 is 2.85 bits per heavy atom. The molecule has 2 heterocycles. The highest BCUT2D eigenvalue weighted by molar-refractivity contribution is 9.10. The molecule has 0 radical (unpaired) electrons. The fraction of sp³-hybridized carbons (Fsp3) is 0.357. The monoisotopic (exact) mass is 335 g/mol. The summed E-state index contributed by atoms with van der Waals surface area (Å²) < 4.78 is 3.70. The van der Waals surface area contributed by atoms with E-state index in [2.05, 4.69) is 21.0 Å². The van der Waals surface area contributed by atoms with Gasteiger partial charge < -0.3 is 0 Å². The Hall–Kier alpha value is -1.69. The van der Waals surface area contributed by atoms with Gasteiger partial charge in [0.2, 0.25) is 0 Å². The van der Waals surface area contributed by atoms with Crippen LogP contribution < -0.4 is 5.69 Å². The van der Waals surface area contributed by atoms with E-state index in [1.54, 1.807) is 16.7 Å². The van der Waals surface area contributed by atoms with Gasteiger partial charge in [-0.05, 0) is 18.9 Å². The molecule has 20 heavy (non-hydrogen) atoms. The first kappa shape index (κ1) is 13.3. The number of carbonyl (C=O) groups is 1. The molecule has 0 amide bonds. The first-order valence-electron chi connectivity index (χ1n) is 6.61. The van der Waals surface area contributed by atoms with Crippen LogP contribution in [-0.4, -0.2) is 20.1 Å². The summed E-state index contributed by atoms with van der Waals surface area (Å²) in [5.74, 6) is 0.677. The van der Waals surface area contributed by atoms with Gasteiger partial charge in [-0.15, -0.1) is 0 Å². The van der Waals surface area contributed by atoms with Gasteiger partial charge in [0.05, 0.1) is 0 Å². The highest BCUT2D eigenvalue weighted by Gasteiger charge is 2.19. The molecule has 1 aliphatic heterocycles. The number of aromatic nitrogens is 3. The number of hydrogen-bond donors (Lipinski definition) is 0. The van der Waals surface area contributed by atoms with Crippen LogP contribution in [0.15, 0.2) is 33.5 Å². The predicted molar refractivity (Wildman–Crippen MR) is 77.9 cm³/mol. The predicted octanol–water partition coefficient (Wildman–Crippen LogP) is 2.03. The lowest BCUT2D eigenvalue weighted by Crippen LogP contribution is -2.29. The van der Waals surface area contributed by atoms with Crippen molar-refractivity contribution in [2.75, 3.05) is 0 Å². The van der Waals surface area contributed by atoms with Gasteiger partial charge in [0.1, 0.15) is 12.4 Å². The first-order valence-corrected chi connectivity index (χ1v) is 7.40. The molecule has 0 atom stereocenters. The topological polar surface area (TPSA) is 56.9 Å². The Labute approximate surface area is 124 Å². The summed E-state index contributed by atoms with van der Waals surface area (Å²) in [4.78, 5) is 24.4. The number of hydrogen-bond acceptors (Lipinski definition) is 3. The third-order valence-corrected chi connectivity index (χ3v) is 4.19. The van der Waals surface area contributed by atoms with Crippen molar-refractivity contribution < 1.29 is 4.79 Å². The highest BCUT2D eigenvalue weighted by atomic mass is 79.9. The van der Waals surface area contributed by atoms with Crippen molar-refractivity contribution in [1.82, 2.24) is 14.3 Å². The zero-order valence-corrected chi connectivity index (χ0v) is 12.5. The Morgan fingerprint density at radius 2 is 2.10 bits per heavy atom. The molecule has 3 rings (SSSR count). The zero-order chi connectivity index (χ0) is 14.1. The Balaban J connectivity index is 1.89. The number of nitrogens with zero attached hydrogens (tertiary/aromatic N) is 3. The molecule has 0 saturated carbocycles. The molecule has 1 aromatic carbocycles. The number of ketones is 1. The van der Waals surface area contributed by atoms with Gasteiger partial charge in [0, 0.05) is 23.0 Å². The van der Waals surface area contributed by atoms with E-state index in [1.165, 1.54) is 4.68 Å². The number of Topliss-reactive ketones (excluding diaryl/α,β-unsaturated/α-hetero) is 1. The molecule has 0 fully saturated rings. The number of fused-ring (bicyclic) bond motifs is 1. The second-order valence-corrected chi connectivity index (χ2v) is 5.72. The van der Waals surface area contributed by atoms with Crippen LogP contribution in [0, 0.1) is 0 Å². The molecule has 0 aliphatic carbocycles. The van der Waals surface area contributed by atoms with Crippen molar-refractivity contribution in [3.05, 3.63) is 50.6 Å². The summed E-state index contributed by atoms with van der Waals surface area (Å²) in [6.07, 6.45) is 2.86.